The second kappa shape index (κ2) is 7.77. The Kier molecular flexibility index (Phi) is 6.34. The average Bonchev–Trinajstić information content (AvgIpc) is 2.72. The minimum atomic E-state index is -0.886. The molecule has 3 N–H and O–H groups in total. The minimum Gasteiger partial charge on any atom is -0.481 e. The summed E-state index contributed by atoms with van der Waals surface area (Å²) in [6.45, 7) is 7.31. The lowest BCUT2D eigenvalue weighted by Crippen LogP contribution is -2.30. The van der Waals surface area contributed by atoms with Crippen LogP contribution in [0.3, 0.4) is 0 Å². The molecular weight excluding hydrogens is 284 g/mol. The SMILES string of the molecule is CCCc1c(C(=O)NCC(C)CC(=O)O)[nH]c(C)c1C(C)=O. The first kappa shape index (κ1) is 17.9. The van der Waals surface area contributed by atoms with E-state index in [1.807, 2.05) is 6.92 Å². The van der Waals surface area contributed by atoms with Gasteiger partial charge in [0.25, 0.3) is 5.91 Å². The van der Waals surface area contributed by atoms with Gasteiger partial charge in [-0.2, -0.15) is 0 Å². The predicted octanol–water partition coefficient (Wildman–Crippen LogP) is 2.32. The molecule has 0 aliphatic rings. The Bertz CT molecular complexity index is 575. The molecule has 0 saturated heterocycles. The predicted molar refractivity (Wildman–Crippen MR) is 83.3 cm³/mol. The van der Waals surface area contributed by atoms with Gasteiger partial charge in [-0.1, -0.05) is 20.3 Å². The number of aryl methyl sites for hydroxylation is 1. The third-order valence-corrected chi connectivity index (χ3v) is 3.50. The van der Waals surface area contributed by atoms with Gasteiger partial charge >= 0.3 is 5.97 Å². The third-order valence-electron chi connectivity index (χ3n) is 3.50. The summed E-state index contributed by atoms with van der Waals surface area (Å²) in [6, 6.07) is 0. The van der Waals surface area contributed by atoms with E-state index in [2.05, 4.69) is 10.3 Å². The molecule has 0 fully saturated rings. The van der Waals surface area contributed by atoms with Crippen molar-refractivity contribution in [1.29, 1.82) is 0 Å². The number of carboxylic acids is 1. The summed E-state index contributed by atoms with van der Waals surface area (Å²) >= 11 is 0. The van der Waals surface area contributed by atoms with Gasteiger partial charge in [-0.3, -0.25) is 14.4 Å². The fourth-order valence-electron chi connectivity index (χ4n) is 2.57. The number of rotatable bonds is 8. The number of aromatic amines is 1. The Morgan fingerprint density at radius 2 is 1.95 bits per heavy atom. The number of hydrogen-bond acceptors (Lipinski definition) is 3. The zero-order chi connectivity index (χ0) is 16.9. The maximum absolute atomic E-state index is 12.3. The van der Waals surface area contributed by atoms with Gasteiger partial charge in [0.2, 0.25) is 0 Å². The summed E-state index contributed by atoms with van der Waals surface area (Å²) in [5, 5.41) is 11.5. The van der Waals surface area contributed by atoms with Crippen molar-refractivity contribution in [2.45, 2.75) is 47.0 Å². The van der Waals surface area contributed by atoms with Gasteiger partial charge in [0, 0.05) is 24.2 Å². The fourth-order valence-corrected chi connectivity index (χ4v) is 2.57. The monoisotopic (exact) mass is 308 g/mol. The Labute approximate surface area is 130 Å². The summed E-state index contributed by atoms with van der Waals surface area (Å²) in [6.07, 6.45) is 1.48. The number of amides is 1. The van der Waals surface area contributed by atoms with E-state index >= 15 is 0 Å². The molecule has 0 aliphatic heterocycles. The first-order valence-corrected chi connectivity index (χ1v) is 7.50. The van der Waals surface area contributed by atoms with Crippen LogP contribution in [0.4, 0.5) is 0 Å². The molecule has 22 heavy (non-hydrogen) atoms. The van der Waals surface area contributed by atoms with Crippen molar-refractivity contribution in [3.63, 3.8) is 0 Å². The van der Waals surface area contributed by atoms with Crippen LogP contribution >= 0.6 is 0 Å². The number of carbonyl (C=O) groups is 3. The highest BCUT2D eigenvalue weighted by atomic mass is 16.4. The molecule has 1 amide bonds. The van der Waals surface area contributed by atoms with Crippen LogP contribution in [0.5, 0.6) is 0 Å². The standard InChI is InChI=1S/C16H24N2O4/c1-5-6-12-14(11(4)19)10(3)18-15(12)16(22)17-8-9(2)7-13(20)21/h9,18H,5-8H2,1-4H3,(H,17,22)(H,20,21). The van der Waals surface area contributed by atoms with Crippen LogP contribution in [0.1, 0.15) is 65.7 Å². The zero-order valence-corrected chi connectivity index (χ0v) is 13.6. The average molecular weight is 308 g/mol. The molecule has 0 saturated carbocycles. The van der Waals surface area contributed by atoms with Crippen molar-refractivity contribution in [3.05, 3.63) is 22.5 Å². The smallest absolute Gasteiger partial charge is 0.303 e. The summed E-state index contributed by atoms with van der Waals surface area (Å²) in [4.78, 5) is 37.7. The Morgan fingerprint density at radius 3 is 2.45 bits per heavy atom. The molecule has 0 bridgehead atoms. The summed E-state index contributed by atoms with van der Waals surface area (Å²) in [7, 11) is 0. The molecule has 0 radical (unpaired) electrons. The van der Waals surface area contributed by atoms with Gasteiger partial charge < -0.3 is 15.4 Å². The molecule has 1 rings (SSSR count). The molecule has 0 aromatic carbocycles. The first-order valence-electron chi connectivity index (χ1n) is 7.50. The number of carboxylic acid groups (broad SMARTS) is 1. The summed E-state index contributed by atoms with van der Waals surface area (Å²) < 4.78 is 0. The lowest BCUT2D eigenvalue weighted by Gasteiger charge is -2.11. The number of hydrogen-bond donors (Lipinski definition) is 3. The van der Waals surface area contributed by atoms with Crippen molar-refractivity contribution in [1.82, 2.24) is 10.3 Å². The van der Waals surface area contributed by atoms with Gasteiger partial charge in [0.1, 0.15) is 5.69 Å². The molecule has 1 heterocycles. The number of nitrogens with one attached hydrogen (secondary N) is 2. The van der Waals surface area contributed by atoms with Gasteiger partial charge in [-0.25, -0.2) is 0 Å². The molecule has 0 aliphatic carbocycles. The van der Waals surface area contributed by atoms with Crippen LogP contribution in [0.2, 0.25) is 0 Å². The quantitative estimate of drug-likeness (QED) is 0.642. The normalized spacial score (nSPS) is 12.0. The maximum Gasteiger partial charge on any atom is 0.303 e. The number of aromatic nitrogens is 1. The van der Waals surface area contributed by atoms with E-state index in [1.54, 1.807) is 13.8 Å². The minimum absolute atomic E-state index is 0.00451. The summed E-state index contributed by atoms with van der Waals surface area (Å²) in [5.41, 5.74) is 2.44. The van der Waals surface area contributed by atoms with Gasteiger partial charge in [0.05, 0.1) is 0 Å². The van der Waals surface area contributed by atoms with Gasteiger partial charge in [-0.15, -0.1) is 0 Å². The van der Waals surface area contributed by atoms with Gasteiger partial charge in [0.15, 0.2) is 5.78 Å². The largest absolute Gasteiger partial charge is 0.481 e. The van der Waals surface area contributed by atoms with Crippen molar-refractivity contribution in [2.75, 3.05) is 6.54 Å². The van der Waals surface area contributed by atoms with E-state index in [9.17, 15) is 14.4 Å². The number of carbonyl (C=O) groups excluding carboxylic acids is 2. The Hall–Kier alpha value is -2.11. The molecule has 1 aromatic heterocycles. The van der Waals surface area contributed by atoms with E-state index in [1.165, 1.54) is 6.92 Å². The Morgan fingerprint density at radius 1 is 1.32 bits per heavy atom. The molecule has 1 aromatic rings. The van der Waals surface area contributed by atoms with Crippen LogP contribution in [0.25, 0.3) is 0 Å². The second-order valence-electron chi connectivity index (χ2n) is 5.70. The highest BCUT2D eigenvalue weighted by molar-refractivity contribution is 6.02. The Balaban J connectivity index is 2.91. The highest BCUT2D eigenvalue weighted by Crippen LogP contribution is 2.21. The van der Waals surface area contributed by atoms with Crippen molar-refractivity contribution in [2.24, 2.45) is 5.92 Å². The van der Waals surface area contributed by atoms with Crippen molar-refractivity contribution >= 4 is 17.7 Å². The van der Waals surface area contributed by atoms with Crippen LogP contribution in [0.15, 0.2) is 0 Å². The van der Waals surface area contributed by atoms with Crippen LogP contribution in [-0.4, -0.2) is 34.3 Å². The van der Waals surface area contributed by atoms with E-state index in [0.29, 0.717) is 23.4 Å². The van der Waals surface area contributed by atoms with Gasteiger partial charge in [-0.05, 0) is 31.7 Å². The molecule has 6 heteroatoms. The lowest BCUT2D eigenvalue weighted by atomic mass is 10.0. The fraction of sp³-hybridized carbons (Fsp3) is 0.562. The van der Waals surface area contributed by atoms with E-state index in [0.717, 1.165) is 12.0 Å². The molecular formula is C16H24N2O4. The molecule has 0 spiro atoms. The first-order chi connectivity index (χ1) is 10.3. The van der Waals surface area contributed by atoms with Crippen LogP contribution in [-0.2, 0) is 11.2 Å². The number of H-pyrrole nitrogens is 1. The van der Waals surface area contributed by atoms with Crippen LogP contribution in [0, 0.1) is 12.8 Å². The molecule has 1 unspecified atom stereocenters. The number of Topliss-reactive ketones (excluding diaryl/α,β-unsaturated/α-hetero) is 1. The van der Waals surface area contributed by atoms with Crippen molar-refractivity contribution < 1.29 is 19.5 Å². The van der Waals surface area contributed by atoms with E-state index in [-0.39, 0.29) is 30.6 Å². The van der Waals surface area contributed by atoms with E-state index in [4.69, 9.17) is 5.11 Å². The molecule has 1 atom stereocenters. The topological polar surface area (TPSA) is 99.3 Å². The zero-order valence-electron chi connectivity index (χ0n) is 13.6. The highest BCUT2D eigenvalue weighted by Gasteiger charge is 2.22. The third kappa shape index (κ3) is 4.44. The molecule has 6 nitrogen and oxygen atoms in total. The maximum atomic E-state index is 12.3. The lowest BCUT2D eigenvalue weighted by molar-refractivity contribution is -0.137. The molecule has 122 valence electrons. The second-order valence-corrected chi connectivity index (χ2v) is 5.70. The number of aliphatic carboxylic acids is 1. The van der Waals surface area contributed by atoms with Crippen molar-refractivity contribution in [3.8, 4) is 0 Å². The van der Waals surface area contributed by atoms with E-state index < -0.39 is 5.97 Å². The number of ketones is 1. The summed E-state index contributed by atoms with van der Waals surface area (Å²) in [5.74, 6) is -1.39. The van der Waals surface area contributed by atoms with Crippen LogP contribution < -0.4 is 5.32 Å².